The zero-order chi connectivity index (χ0) is 21.0. The van der Waals surface area contributed by atoms with Crippen LogP contribution < -0.4 is 9.04 Å². The van der Waals surface area contributed by atoms with Gasteiger partial charge in [-0.3, -0.25) is 9.10 Å². The lowest BCUT2D eigenvalue weighted by atomic mass is 10.0. The summed E-state index contributed by atoms with van der Waals surface area (Å²) in [6.07, 6.45) is 2.04. The summed E-state index contributed by atoms with van der Waals surface area (Å²) in [6, 6.07) is 13.4. The fraction of sp³-hybridized carbons (Fsp3) is 0.409. The van der Waals surface area contributed by atoms with Gasteiger partial charge in [0.1, 0.15) is 12.3 Å². The van der Waals surface area contributed by atoms with Gasteiger partial charge in [-0.2, -0.15) is 0 Å². The Balaban J connectivity index is 1.94. The quantitative estimate of drug-likeness (QED) is 0.723. The Kier molecular flexibility index (Phi) is 6.47. The van der Waals surface area contributed by atoms with Crippen LogP contribution in [0.15, 0.2) is 53.4 Å². The summed E-state index contributed by atoms with van der Waals surface area (Å²) in [5, 5.41) is 0. The van der Waals surface area contributed by atoms with Gasteiger partial charge in [0.2, 0.25) is 5.91 Å². The monoisotopic (exact) mass is 416 g/mol. The fourth-order valence-corrected chi connectivity index (χ4v) is 4.95. The van der Waals surface area contributed by atoms with E-state index in [2.05, 4.69) is 6.92 Å². The number of hydrogen-bond donors (Lipinski definition) is 0. The molecule has 1 fully saturated rings. The molecule has 1 atom stereocenters. The Labute approximate surface area is 173 Å². The first kappa shape index (κ1) is 21.2. The fourth-order valence-electron chi connectivity index (χ4n) is 3.54. The van der Waals surface area contributed by atoms with Gasteiger partial charge >= 0.3 is 0 Å². The van der Waals surface area contributed by atoms with Crippen molar-refractivity contribution >= 4 is 21.6 Å². The summed E-state index contributed by atoms with van der Waals surface area (Å²) >= 11 is 0. The number of anilines is 1. The van der Waals surface area contributed by atoms with Crippen molar-refractivity contribution in [1.82, 2.24) is 4.90 Å². The lowest BCUT2D eigenvalue weighted by molar-refractivity contribution is -0.131. The molecule has 3 rings (SSSR count). The van der Waals surface area contributed by atoms with Gasteiger partial charge in [-0.05, 0) is 62.1 Å². The Bertz CT molecular complexity index is 940. The first-order valence-electron chi connectivity index (χ1n) is 9.82. The molecule has 0 radical (unpaired) electrons. The second-order valence-electron chi connectivity index (χ2n) is 7.61. The second kappa shape index (κ2) is 8.86. The topological polar surface area (TPSA) is 66.9 Å². The largest absolute Gasteiger partial charge is 0.497 e. The molecule has 1 aliphatic heterocycles. The molecule has 156 valence electrons. The van der Waals surface area contributed by atoms with E-state index in [1.54, 1.807) is 60.5 Å². The minimum Gasteiger partial charge on any atom is -0.497 e. The highest BCUT2D eigenvalue weighted by Gasteiger charge is 2.30. The highest BCUT2D eigenvalue weighted by Crippen LogP contribution is 2.27. The predicted molar refractivity (Wildman–Crippen MR) is 114 cm³/mol. The number of hydrogen-bond acceptors (Lipinski definition) is 4. The van der Waals surface area contributed by atoms with E-state index in [9.17, 15) is 13.2 Å². The SMILES string of the molecule is COc1ccc(N(CC(=O)N2CCC[C@@H](C)C2)S(=O)(=O)c2ccc(C)cc2)cc1. The summed E-state index contributed by atoms with van der Waals surface area (Å²) in [7, 11) is -2.34. The maximum absolute atomic E-state index is 13.4. The minimum absolute atomic E-state index is 0.165. The van der Waals surface area contributed by atoms with Gasteiger partial charge in [0, 0.05) is 13.1 Å². The number of sulfonamides is 1. The van der Waals surface area contributed by atoms with Crippen molar-refractivity contribution in [2.45, 2.75) is 31.6 Å². The van der Waals surface area contributed by atoms with Crippen molar-refractivity contribution in [1.29, 1.82) is 0 Å². The standard InChI is InChI=1S/C22H28N2O4S/c1-17-6-12-21(13-7-17)29(26,27)24(19-8-10-20(28-3)11-9-19)16-22(25)23-14-4-5-18(2)15-23/h6-13,18H,4-5,14-16H2,1-3H3/t18-/m1/s1. The average molecular weight is 417 g/mol. The van der Waals surface area contributed by atoms with E-state index in [1.807, 2.05) is 6.92 Å². The lowest BCUT2D eigenvalue weighted by Crippen LogP contribution is -2.46. The number of rotatable bonds is 6. The molecule has 0 N–H and O–H groups in total. The third-order valence-electron chi connectivity index (χ3n) is 5.26. The molecule has 1 heterocycles. The van der Waals surface area contributed by atoms with Crippen LogP contribution in [0.1, 0.15) is 25.3 Å². The van der Waals surface area contributed by atoms with E-state index in [0.29, 0.717) is 30.4 Å². The minimum atomic E-state index is -3.89. The second-order valence-corrected chi connectivity index (χ2v) is 9.47. The van der Waals surface area contributed by atoms with Gasteiger partial charge in [-0.25, -0.2) is 8.42 Å². The van der Waals surface area contributed by atoms with E-state index < -0.39 is 10.0 Å². The Morgan fingerprint density at radius 1 is 1.14 bits per heavy atom. The molecular formula is C22H28N2O4S. The van der Waals surface area contributed by atoms with Crippen LogP contribution >= 0.6 is 0 Å². The molecule has 0 aliphatic carbocycles. The number of methoxy groups -OCH3 is 1. The van der Waals surface area contributed by atoms with Gasteiger partial charge in [-0.1, -0.05) is 24.6 Å². The molecule has 0 bridgehead atoms. The number of benzene rings is 2. The molecule has 6 nitrogen and oxygen atoms in total. The number of ether oxygens (including phenoxy) is 1. The summed E-state index contributed by atoms with van der Waals surface area (Å²) < 4.78 is 33.2. The molecule has 0 aromatic heterocycles. The third-order valence-corrected chi connectivity index (χ3v) is 7.05. The van der Waals surface area contributed by atoms with Crippen molar-refractivity contribution < 1.29 is 17.9 Å². The van der Waals surface area contributed by atoms with Crippen LogP contribution in [0.5, 0.6) is 5.75 Å². The molecular weight excluding hydrogens is 388 g/mol. The number of aryl methyl sites for hydroxylation is 1. The van der Waals surface area contributed by atoms with Crippen LogP contribution in [0, 0.1) is 12.8 Å². The molecule has 0 unspecified atom stereocenters. The smallest absolute Gasteiger partial charge is 0.264 e. The molecule has 29 heavy (non-hydrogen) atoms. The summed E-state index contributed by atoms with van der Waals surface area (Å²) in [4.78, 5) is 14.9. The highest BCUT2D eigenvalue weighted by atomic mass is 32.2. The van der Waals surface area contributed by atoms with Crippen LogP contribution in [0.3, 0.4) is 0 Å². The number of amides is 1. The van der Waals surface area contributed by atoms with E-state index >= 15 is 0 Å². The first-order chi connectivity index (χ1) is 13.8. The molecule has 1 saturated heterocycles. The summed E-state index contributed by atoms with van der Waals surface area (Å²) in [6.45, 7) is 5.13. The molecule has 2 aromatic carbocycles. The zero-order valence-electron chi connectivity index (χ0n) is 17.2. The van der Waals surface area contributed by atoms with Crippen LogP contribution in [-0.2, 0) is 14.8 Å². The summed E-state index contributed by atoms with van der Waals surface area (Å²) in [5.74, 6) is 0.872. The Morgan fingerprint density at radius 3 is 2.38 bits per heavy atom. The number of carbonyl (C=O) groups excluding carboxylic acids is 1. The average Bonchev–Trinajstić information content (AvgIpc) is 2.72. The molecule has 1 aliphatic rings. The molecule has 7 heteroatoms. The van der Waals surface area contributed by atoms with Crippen molar-refractivity contribution in [2.24, 2.45) is 5.92 Å². The van der Waals surface area contributed by atoms with Crippen molar-refractivity contribution in [3.8, 4) is 5.75 Å². The Hall–Kier alpha value is -2.54. The van der Waals surface area contributed by atoms with Crippen molar-refractivity contribution in [2.75, 3.05) is 31.0 Å². The van der Waals surface area contributed by atoms with Gasteiger partial charge in [0.15, 0.2) is 0 Å². The van der Waals surface area contributed by atoms with Crippen molar-refractivity contribution in [3.63, 3.8) is 0 Å². The normalized spacial score (nSPS) is 17.1. The van der Waals surface area contributed by atoms with E-state index in [4.69, 9.17) is 4.74 Å². The van der Waals surface area contributed by atoms with Crippen LogP contribution in [0.2, 0.25) is 0 Å². The molecule has 2 aromatic rings. The van der Waals surface area contributed by atoms with Crippen LogP contribution in [-0.4, -0.2) is 46.0 Å². The molecule has 0 spiro atoms. The Morgan fingerprint density at radius 2 is 1.79 bits per heavy atom. The maximum Gasteiger partial charge on any atom is 0.264 e. The highest BCUT2D eigenvalue weighted by molar-refractivity contribution is 7.92. The zero-order valence-corrected chi connectivity index (χ0v) is 18.0. The van der Waals surface area contributed by atoms with Gasteiger partial charge in [0.05, 0.1) is 17.7 Å². The molecule has 1 amide bonds. The van der Waals surface area contributed by atoms with E-state index in [-0.39, 0.29) is 17.3 Å². The number of likely N-dealkylation sites (tertiary alicyclic amines) is 1. The number of piperidine rings is 1. The third kappa shape index (κ3) is 4.90. The number of nitrogens with zero attached hydrogens (tertiary/aromatic N) is 2. The van der Waals surface area contributed by atoms with Gasteiger partial charge in [-0.15, -0.1) is 0 Å². The molecule has 0 saturated carbocycles. The van der Waals surface area contributed by atoms with Gasteiger partial charge in [0.25, 0.3) is 10.0 Å². The number of carbonyl (C=O) groups is 1. The van der Waals surface area contributed by atoms with Crippen molar-refractivity contribution in [3.05, 3.63) is 54.1 Å². The first-order valence-corrected chi connectivity index (χ1v) is 11.3. The van der Waals surface area contributed by atoms with E-state index in [1.165, 1.54) is 4.31 Å². The van der Waals surface area contributed by atoms with Crippen LogP contribution in [0.4, 0.5) is 5.69 Å². The van der Waals surface area contributed by atoms with E-state index in [0.717, 1.165) is 18.4 Å². The van der Waals surface area contributed by atoms with Gasteiger partial charge < -0.3 is 9.64 Å². The lowest BCUT2D eigenvalue weighted by Gasteiger charge is -2.33. The summed E-state index contributed by atoms with van der Waals surface area (Å²) in [5.41, 5.74) is 1.41. The predicted octanol–water partition coefficient (Wildman–Crippen LogP) is 3.46. The maximum atomic E-state index is 13.4. The van der Waals surface area contributed by atoms with Crippen LogP contribution in [0.25, 0.3) is 0 Å².